The van der Waals surface area contributed by atoms with Crippen LogP contribution in [-0.2, 0) is 14.8 Å². The molecule has 28 heavy (non-hydrogen) atoms. The molecule has 1 aliphatic heterocycles. The van der Waals surface area contributed by atoms with E-state index in [1.165, 1.54) is 23.5 Å². The number of nitrogens with one attached hydrogen (secondary N) is 1. The maximum Gasteiger partial charge on any atom is 0.243 e. The quantitative estimate of drug-likeness (QED) is 0.832. The molecule has 1 aliphatic rings. The summed E-state index contributed by atoms with van der Waals surface area (Å²) in [4.78, 5) is 13.0. The first-order valence-electron chi connectivity index (χ1n) is 9.34. The van der Waals surface area contributed by atoms with E-state index in [9.17, 15) is 13.2 Å². The average Bonchev–Trinajstić information content (AvgIpc) is 2.71. The third-order valence-corrected chi connectivity index (χ3v) is 7.19. The Kier molecular flexibility index (Phi) is 6.05. The van der Waals surface area contributed by atoms with Gasteiger partial charge in [-0.25, -0.2) is 8.42 Å². The Bertz CT molecular complexity index is 955. The summed E-state index contributed by atoms with van der Waals surface area (Å²) in [5.41, 5.74) is 2.90. The first-order valence-corrected chi connectivity index (χ1v) is 10.8. The van der Waals surface area contributed by atoms with Gasteiger partial charge < -0.3 is 10.1 Å². The number of amides is 1. The number of hydrogen-bond acceptors (Lipinski definition) is 4. The van der Waals surface area contributed by atoms with Crippen molar-refractivity contribution in [2.45, 2.75) is 31.6 Å². The Hall–Kier alpha value is -2.38. The number of aryl methyl sites for hydroxylation is 1. The molecule has 0 radical (unpaired) electrons. The Balaban J connectivity index is 1.73. The molecular formula is C21H26N2O4S. The van der Waals surface area contributed by atoms with Gasteiger partial charge in [-0.15, -0.1) is 0 Å². The number of benzene rings is 2. The molecule has 6 nitrogen and oxygen atoms in total. The van der Waals surface area contributed by atoms with E-state index in [2.05, 4.69) is 5.32 Å². The summed E-state index contributed by atoms with van der Waals surface area (Å²) in [5.74, 6) is 0.0911. The van der Waals surface area contributed by atoms with E-state index in [4.69, 9.17) is 4.74 Å². The van der Waals surface area contributed by atoms with E-state index < -0.39 is 10.0 Å². The molecule has 7 heteroatoms. The molecule has 0 aromatic heterocycles. The molecule has 3 rings (SSSR count). The number of carbonyl (C=O) groups is 1. The number of rotatable bonds is 5. The minimum Gasteiger partial charge on any atom is -0.497 e. The van der Waals surface area contributed by atoms with Crippen molar-refractivity contribution in [1.29, 1.82) is 0 Å². The van der Waals surface area contributed by atoms with Crippen LogP contribution in [0, 0.1) is 19.8 Å². The van der Waals surface area contributed by atoms with Gasteiger partial charge in [-0.1, -0.05) is 12.1 Å². The van der Waals surface area contributed by atoms with Crippen LogP contribution in [0.1, 0.15) is 24.0 Å². The second-order valence-electron chi connectivity index (χ2n) is 7.11. The van der Waals surface area contributed by atoms with Crippen molar-refractivity contribution < 1.29 is 17.9 Å². The Morgan fingerprint density at radius 1 is 1.14 bits per heavy atom. The van der Waals surface area contributed by atoms with Crippen LogP contribution in [0.4, 0.5) is 5.69 Å². The number of hydrogen-bond donors (Lipinski definition) is 1. The number of carbonyl (C=O) groups excluding carboxylic acids is 1. The fourth-order valence-corrected chi connectivity index (χ4v) is 4.92. The predicted molar refractivity (Wildman–Crippen MR) is 109 cm³/mol. The molecule has 0 saturated carbocycles. The van der Waals surface area contributed by atoms with Crippen LogP contribution in [0.5, 0.6) is 5.75 Å². The average molecular weight is 403 g/mol. The van der Waals surface area contributed by atoms with Crippen molar-refractivity contribution in [2.75, 3.05) is 25.5 Å². The maximum atomic E-state index is 13.0. The van der Waals surface area contributed by atoms with Crippen molar-refractivity contribution in [3.8, 4) is 5.75 Å². The van der Waals surface area contributed by atoms with Crippen LogP contribution in [0.2, 0.25) is 0 Å². The number of anilines is 1. The fraction of sp³-hybridized carbons (Fsp3) is 0.381. The summed E-state index contributed by atoms with van der Waals surface area (Å²) in [6.45, 7) is 4.56. The Labute approximate surface area is 166 Å². The van der Waals surface area contributed by atoms with Gasteiger partial charge >= 0.3 is 0 Å². The lowest BCUT2D eigenvalue weighted by molar-refractivity contribution is -0.120. The number of piperidine rings is 1. The summed E-state index contributed by atoms with van der Waals surface area (Å²) in [6.07, 6.45) is 1.33. The van der Waals surface area contributed by atoms with Gasteiger partial charge in [-0.3, -0.25) is 4.79 Å². The van der Waals surface area contributed by atoms with Crippen LogP contribution in [-0.4, -0.2) is 38.8 Å². The molecule has 1 amide bonds. The largest absolute Gasteiger partial charge is 0.497 e. The normalized spacial score (nSPS) is 17.9. The van der Waals surface area contributed by atoms with Gasteiger partial charge in [0.25, 0.3) is 0 Å². The number of nitrogens with zero attached hydrogens (tertiary/aromatic N) is 1. The van der Waals surface area contributed by atoms with Crippen LogP contribution >= 0.6 is 0 Å². The van der Waals surface area contributed by atoms with Gasteiger partial charge in [0.15, 0.2) is 0 Å². The number of sulfonamides is 1. The molecule has 0 bridgehead atoms. The molecule has 2 aromatic rings. The molecular weight excluding hydrogens is 376 g/mol. The maximum absolute atomic E-state index is 13.0. The molecule has 1 N–H and O–H groups in total. The lowest BCUT2D eigenvalue weighted by atomic mass is 9.98. The summed E-state index contributed by atoms with van der Waals surface area (Å²) < 4.78 is 32.4. The number of methoxy groups -OCH3 is 1. The van der Waals surface area contributed by atoms with E-state index in [0.29, 0.717) is 25.1 Å². The van der Waals surface area contributed by atoms with Gasteiger partial charge in [0, 0.05) is 18.8 Å². The highest BCUT2D eigenvalue weighted by Crippen LogP contribution is 2.26. The third kappa shape index (κ3) is 4.20. The molecule has 1 atom stereocenters. The van der Waals surface area contributed by atoms with E-state index in [1.807, 2.05) is 32.0 Å². The van der Waals surface area contributed by atoms with Crippen molar-refractivity contribution in [2.24, 2.45) is 5.92 Å². The van der Waals surface area contributed by atoms with Gasteiger partial charge in [0.2, 0.25) is 15.9 Å². The van der Waals surface area contributed by atoms with E-state index in [1.54, 1.807) is 12.1 Å². The molecule has 1 unspecified atom stereocenters. The monoisotopic (exact) mass is 402 g/mol. The third-order valence-electron chi connectivity index (χ3n) is 5.31. The van der Waals surface area contributed by atoms with E-state index in [-0.39, 0.29) is 23.3 Å². The summed E-state index contributed by atoms with van der Waals surface area (Å²) in [7, 11) is -2.11. The van der Waals surface area contributed by atoms with E-state index in [0.717, 1.165) is 16.8 Å². The standard InChI is InChI=1S/C21H26N2O4S/c1-15-6-4-8-20(16(15)2)22-21(24)17-7-5-13-23(14-17)28(25,26)19-11-9-18(27-3)10-12-19/h4,6,8-12,17H,5,7,13-14H2,1-3H3,(H,22,24). The van der Waals surface area contributed by atoms with Crippen molar-refractivity contribution in [1.82, 2.24) is 4.31 Å². The SMILES string of the molecule is COc1ccc(S(=O)(=O)N2CCCC(C(=O)Nc3cccc(C)c3C)C2)cc1. The van der Waals surface area contributed by atoms with E-state index >= 15 is 0 Å². The Morgan fingerprint density at radius 2 is 1.86 bits per heavy atom. The minimum absolute atomic E-state index is 0.136. The lowest BCUT2D eigenvalue weighted by Gasteiger charge is -2.31. The molecule has 1 saturated heterocycles. The first kappa shape index (κ1) is 20.4. The second kappa shape index (κ2) is 8.32. The number of ether oxygens (including phenoxy) is 1. The topological polar surface area (TPSA) is 75.7 Å². The zero-order chi connectivity index (χ0) is 20.3. The summed E-state index contributed by atoms with van der Waals surface area (Å²) in [5, 5.41) is 2.97. The highest BCUT2D eigenvalue weighted by Gasteiger charge is 2.33. The van der Waals surface area contributed by atoms with Crippen LogP contribution in [0.25, 0.3) is 0 Å². The predicted octanol–water partition coefficient (Wildman–Crippen LogP) is 3.35. The Morgan fingerprint density at radius 3 is 2.54 bits per heavy atom. The second-order valence-corrected chi connectivity index (χ2v) is 9.05. The summed E-state index contributed by atoms with van der Waals surface area (Å²) >= 11 is 0. The fourth-order valence-electron chi connectivity index (χ4n) is 3.39. The van der Waals surface area contributed by atoms with Gasteiger partial charge in [-0.05, 0) is 68.1 Å². The molecule has 1 heterocycles. The van der Waals surface area contributed by atoms with Gasteiger partial charge in [-0.2, -0.15) is 4.31 Å². The van der Waals surface area contributed by atoms with Gasteiger partial charge in [0.05, 0.1) is 17.9 Å². The van der Waals surface area contributed by atoms with Crippen LogP contribution < -0.4 is 10.1 Å². The zero-order valence-corrected chi connectivity index (χ0v) is 17.3. The first-order chi connectivity index (χ1) is 13.3. The molecule has 0 spiro atoms. The van der Waals surface area contributed by atoms with Crippen molar-refractivity contribution in [3.63, 3.8) is 0 Å². The highest BCUT2D eigenvalue weighted by molar-refractivity contribution is 7.89. The van der Waals surface area contributed by atoms with Crippen molar-refractivity contribution >= 4 is 21.6 Å². The van der Waals surface area contributed by atoms with Crippen LogP contribution in [0.3, 0.4) is 0 Å². The summed E-state index contributed by atoms with van der Waals surface area (Å²) in [6, 6.07) is 12.1. The molecule has 150 valence electrons. The zero-order valence-electron chi connectivity index (χ0n) is 16.4. The van der Waals surface area contributed by atoms with Crippen molar-refractivity contribution in [3.05, 3.63) is 53.6 Å². The van der Waals surface area contributed by atoms with Crippen LogP contribution in [0.15, 0.2) is 47.4 Å². The molecule has 2 aromatic carbocycles. The van der Waals surface area contributed by atoms with Gasteiger partial charge in [0.1, 0.15) is 5.75 Å². The lowest BCUT2D eigenvalue weighted by Crippen LogP contribution is -2.43. The molecule has 1 fully saturated rings. The minimum atomic E-state index is -3.64. The highest BCUT2D eigenvalue weighted by atomic mass is 32.2. The molecule has 0 aliphatic carbocycles. The smallest absolute Gasteiger partial charge is 0.243 e.